The van der Waals surface area contributed by atoms with Crippen LogP contribution in [0.3, 0.4) is 0 Å². The van der Waals surface area contributed by atoms with Gasteiger partial charge in [0.05, 0.1) is 11.7 Å². The van der Waals surface area contributed by atoms with Crippen LogP contribution in [0.15, 0.2) is 10.9 Å². The molecule has 0 unspecified atom stereocenters. The molecule has 0 spiro atoms. The van der Waals surface area contributed by atoms with Crippen molar-refractivity contribution in [2.75, 3.05) is 13.1 Å². The Bertz CT molecular complexity index is 1090. The molecule has 3 aromatic rings. The molecule has 0 bridgehead atoms. The minimum absolute atomic E-state index is 0.207. The van der Waals surface area contributed by atoms with Crippen molar-refractivity contribution in [2.45, 2.75) is 46.2 Å². The van der Waals surface area contributed by atoms with Crippen LogP contribution in [-0.4, -0.2) is 48.6 Å². The molecule has 1 fully saturated rings. The molecule has 0 atom stereocenters. The lowest BCUT2D eigenvalue weighted by atomic mass is 10.1. The van der Waals surface area contributed by atoms with Crippen LogP contribution in [0.1, 0.15) is 52.0 Å². The molecule has 4 heterocycles. The molecular weight excluding hydrogens is 360 g/mol. The summed E-state index contributed by atoms with van der Waals surface area (Å²) in [6.07, 6.45) is 1.95. The number of H-pyrrole nitrogens is 1. The van der Waals surface area contributed by atoms with Gasteiger partial charge in [0.15, 0.2) is 11.3 Å². The van der Waals surface area contributed by atoms with Crippen molar-refractivity contribution in [3.63, 3.8) is 0 Å². The molecule has 0 aromatic carbocycles. The van der Waals surface area contributed by atoms with Crippen LogP contribution >= 0.6 is 0 Å². The van der Waals surface area contributed by atoms with Crippen LogP contribution in [0.25, 0.3) is 5.65 Å². The molecule has 10 nitrogen and oxygen atoms in total. The topological polar surface area (TPSA) is 122 Å². The summed E-state index contributed by atoms with van der Waals surface area (Å²) in [6.45, 7) is 7.81. The van der Waals surface area contributed by atoms with Crippen molar-refractivity contribution < 1.29 is 4.79 Å². The van der Waals surface area contributed by atoms with Gasteiger partial charge >= 0.3 is 0 Å². The van der Waals surface area contributed by atoms with E-state index in [-0.39, 0.29) is 17.5 Å². The van der Waals surface area contributed by atoms with Crippen molar-refractivity contribution in [3.05, 3.63) is 44.8 Å². The smallest absolute Gasteiger partial charge is 0.274 e. The summed E-state index contributed by atoms with van der Waals surface area (Å²) in [6, 6.07) is 1.72. The van der Waals surface area contributed by atoms with Gasteiger partial charge in [0, 0.05) is 29.6 Å². The standard InChI is InChI=1S/C18H24N8O2/c1-10-14(11(2)26-15(21-10)8-16(27)23-26)9-20-18(28)17-12(3)25(24-22-17)13-4-6-19-7-5-13/h8,13,19H,4-7,9H2,1-3H3,(H,20,28)(H,23,27). The third kappa shape index (κ3) is 3.19. The van der Waals surface area contributed by atoms with Crippen LogP contribution in [-0.2, 0) is 6.54 Å². The van der Waals surface area contributed by atoms with Gasteiger partial charge in [-0.1, -0.05) is 5.21 Å². The van der Waals surface area contributed by atoms with E-state index in [1.54, 1.807) is 4.52 Å². The van der Waals surface area contributed by atoms with Gasteiger partial charge < -0.3 is 10.6 Å². The number of piperidine rings is 1. The van der Waals surface area contributed by atoms with E-state index < -0.39 is 0 Å². The van der Waals surface area contributed by atoms with Crippen molar-refractivity contribution in [3.8, 4) is 0 Å². The van der Waals surface area contributed by atoms with Gasteiger partial charge in [0.1, 0.15) is 0 Å². The van der Waals surface area contributed by atoms with Gasteiger partial charge in [-0.15, -0.1) is 5.10 Å². The number of aryl methyl sites for hydroxylation is 2. The molecule has 28 heavy (non-hydrogen) atoms. The Morgan fingerprint density at radius 2 is 2.00 bits per heavy atom. The van der Waals surface area contributed by atoms with Gasteiger partial charge in [-0.2, -0.15) is 0 Å². The molecular formula is C18H24N8O2. The molecule has 0 saturated carbocycles. The Morgan fingerprint density at radius 3 is 2.75 bits per heavy atom. The minimum Gasteiger partial charge on any atom is -0.346 e. The third-order valence-corrected chi connectivity index (χ3v) is 5.43. The number of aromatic amines is 1. The highest BCUT2D eigenvalue weighted by Crippen LogP contribution is 2.20. The van der Waals surface area contributed by atoms with Gasteiger partial charge in [-0.25, -0.2) is 14.2 Å². The number of aromatic nitrogens is 6. The Labute approximate surface area is 161 Å². The molecule has 10 heteroatoms. The second kappa shape index (κ2) is 7.19. The van der Waals surface area contributed by atoms with Crippen LogP contribution in [0.2, 0.25) is 0 Å². The molecule has 3 N–H and O–H groups in total. The summed E-state index contributed by atoms with van der Waals surface area (Å²) in [5, 5.41) is 17.3. The Balaban J connectivity index is 1.53. The number of rotatable bonds is 4. The van der Waals surface area contributed by atoms with Crippen molar-refractivity contribution in [2.24, 2.45) is 0 Å². The summed E-state index contributed by atoms with van der Waals surface area (Å²) in [5.74, 6) is -0.266. The molecule has 4 rings (SSSR count). The molecule has 1 amide bonds. The SMILES string of the molecule is Cc1nc2cc(=O)[nH]n2c(C)c1CNC(=O)c1nnn(C2CCNCC2)c1C. The molecule has 3 aromatic heterocycles. The van der Waals surface area contributed by atoms with Crippen LogP contribution in [0.5, 0.6) is 0 Å². The number of hydrogen-bond acceptors (Lipinski definition) is 6. The fourth-order valence-corrected chi connectivity index (χ4v) is 3.81. The van der Waals surface area contributed by atoms with E-state index in [1.165, 1.54) is 6.07 Å². The van der Waals surface area contributed by atoms with E-state index >= 15 is 0 Å². The number of amides is 1. The van der Waals surface area contributed by atoms with Crippen LogP contribution < -0.4 is 16.2 Å². The van der Waals surface area contributed by atoms with E-state index in [9.17, 15) is 9.59 Å². The highest BCUT2D eigenvalue weighted by Gasteiger charge is 2.23. The highest BCUT2D eigenvalue weighted by molar-refractivity contribution is 5.93. The second-order valence-electron chi connectivity index (χ2n) is 7.21. The summed E-state index contributed by atoms with van der Waals surface area (Å²) in [4.78, 5) is 28.7. The largest absolute Gasteiger partial charge is 0.346 e. The maximum Gasteiger partial charge on any atom is 0.274 e. The van der Waals surface area contributed by atoms with Gasteiger partial charge in [0.25, 0.3) is 11.5 Å². The number of nitrogens with one attached hydrogen (secondary N) is 3. The Morgan fingerprint density at radius 1 is 1.25 bits per heavy atom. The first-order valence-electron chi connectivity index (χ1n) is 9.44. The number of carbonyl (C=O) groups is 1. The van der Waals surface area contributed by atoms with Gasteiger partial charge in [-0.05, 0) is 46.7 Å². The first kappa shape index (κ1) is 18.4. The average molecular weight is 384 g/mol. The molecule has 0 radical (unpaired) electrons. The summed E-state index contributed by atoms with van der Waals surface area (Å²) in [7, 11) is 0. The van der Waals surface area contributed by atoms with Gasteiger partial charge in [-0.3, -0.25) is 14.7 Å². The normalized spacial score (nSPS) is 15.2. The number of fused-ring (bicyclic) bond motifs is 1. The first-order chi connectivity index (χ1) is 13.5. The van der Waals surface area contributed by atoms with E-state index in [0.717, 1.165) is 48.6 Å². The minimum atomic E-state index is -0.266. The average Bonchev–Trinajstić information content (AvgIpc) is 3.24. The maximum absolute atomic E-state index is 12.7. The second-order valence-corrected chi connectivity index (χ2v) is 7.21. The third-order valence-electron chi connectivity index (χ3n) is 5.43. The zero-order chi connectivity index (χ0) is 19.8. The van der Waals surface area contributed by atoms with Crippen LogP contribution in [0, 0.1) is 20.8 Å². The zero-order valence-electron chi connectivity index (χ0n) is 16.2. The quantitative estimate of drug-likeness (QED) is 0.598. The number of hydrogen-bond donors (Lipinski definition) is 3. The molecule has 0 aliphatic carbocycles. The van der Waals surface area contributed by atoms with Crippen molar-refractivity contribution in [1.82, 2.24) is 40.2 Å². The van der Waals surface area contributed by atoms with Gasteiger partial charge in [0.2, 0.25) is 0 Å². The maximum atomic E-state index is 12.7. The lowest BCUT2D eigenvalue weighted by Gasteiger charge is -2.23. The van der Waals surface area contributed by atoms with Crippen molar-refractivity contribution in [1.29, 1.82) is 0 Å². The lowest BCUT2D eigenvalue weighted by Crippen LogP contribution is -2.30. The van der Waals surface area contributed by atoms with E-state index in [1.807, 2.05) is 25.5 Å². The first-order valence-corrected chi connectivity index (χ1v) is 9.44. The van der Waals surface area contributed by atoms with E-state index in [2.05, 4.69) is 31.0 Å². The highest BCUT2D eigenvalue weighted by atomic mass is 16.2. The predicted molar refractivity (Wildman–Crippen MR) is 102 cm³/mol. The van der Waals surface area contributed by atoms with E-state index in [0.29, 0.717) is 17.9 Å². The molecule has 148 valence electrons. The summed E-state index contributed by atoms with van der Waals surface area (Å²) < 4.78 is 3.50. The lowest BCUT2D eigenvalue weighted by molar-refractivity contribution is 0.0945. The van der Waals surface area contributed by atoms with Crippen LogP contribution in [0.4, 0.5) is 0 Å². The van der Waals surface area contributed by atoms with Crippen molar-refractivity contribution >= 4 is 11.6 Å². The Kier molecular flexibility index (Phi) is 4.71. The van der Waals surface area contributed by atoms with E-state index in [4.69, 9.17) is 0 Å². The fraction of sp³-hybridized carbons (Fsp3) is 0.500. The zero-order valence-corrected chi connectivity index (χ0v) is 16.2. The molecule has 1 aliphatic heterocycles. The summed E-state index contributed by atoms with van der Waals surface area (Å²) >= 11 is 0. The number of carbonyl (C=O) groups excluding carboxylic acids is 1. The molecule has 1 saturated heterocycles. The molecule has 1 aliphatic rings. The fourth-order valence-electron chi connectivity index (χ4n) is 3.81. The predicted octanol–water partition coefficient (Wildman–Crippen LogP) is 0.394. The Hall–Kier alpha value is -3.01. The monoisotopic (exact) mass is 384 g/mol. The number of nitrogens with zero attached hydrogens (tertiary/aromatic N) is 5. The summed E-state index contributed by atoms with van der Waals surface area (Å²) in [5.41, 5.74) is 3.94.